The highest BCUT2D eigenvalue weighted by Gasteiger charge is 2.18. The molecule has 2 aromatic carbocycles. The van der Waals surface area contributed by atoms with Crippen LogP contribution in [0.5, 0.6) is 0 Å². The zero-order valence-corrected chi connectivity index (χ0v) is 16.0. The van der Waals surface area contributed by atoms with Crippen LogP contribution < -0.4 is 5.32 Å². The van der Waals surface area contributed by atoms with Crippen LogP contribution in [0.3, 0.4) is 0 Å². The van der Waals surface area contributed by atoms with Crippen LogP contribution >= 0.6 is 0 Å². The van der Waals surface area contributed by atoms with Gasteiger partial charge in [0.25, 0.3) is 5.91 Å². The minimum Gasteiger partial charge on any atom is -0.306 e. The van der Waals surface area contributed by atoms with E-state index in [9.17, 15) is 22.4 Å². The molecule has 1 amide bonds. The molecule has 0 radical (unpaired) electrons. The van der Waals surface area contributed by atoms with Crippen molar-refractivity contribution in [3.63, 3.8) is 0 Å². The lowest BCUT2D eigenvalue weighted by molar-refractivity contribution is 0.101. The summed E-state index contributed by atoms with van der Waals surface area (Å²) in [5.41, 5.74) is 0.987. The number of carbonyl (C=O) groups excluding carboxylic acids is 1. The fourth-order valence-electron chi connectivity index (χ4n) is 3.05. The Balaban J connectivity index is 1.58. The lowest BCUT2D eigenvalue weighted by atomic mass is 10.1. The van der Waals surface area contributed by atoms with E-state index < -0.39 is 34.7 Å². The summed E-state index contributed by atoms with van der Waals surface area (Å²) < 4.78 is 56.2. The van der Waals surface area contributed by atoms with Crippen LogP contribution in [0.2, 0.25) is 0 Å². The van der Waals surface area contributed by atoms with Crippen LogP contribution in [0.4, 0.5) is 23.4 Å². The van der Waals surface area contributed by atoms with Crippen molar-refractivity contribution >= 4 is 11.7 Å². The third-order valence-electron chi connectivity index (χ3n) is 4.56. The van der Waals surface area contributed by atoms with E-state index in [1.165, 1.54) is 23.1 Å². The summed E-state index contributed by atoms with van der Waals surface area (Å²) in [6.07, 6.45) is 2.95. The number of nitrogens with one attached hydrogen (secondary N) is 1. The lowest BCUT2D eigenvalue weighted by Crippen LogP contribution is -2.16. The van der Waals surface area contributed by atoms with E-state index >= 15 is 0 Å². The van der Waals surface area contributed by atoms with Crippen molar-refractivity contribution in [3.8, 4) is 16.8 Å². The molecule has 4 rings (SSSR count). The second kappa shape index (κ2) is 8.02. The van der Waals surface area contributed by atoms with Crippen molar-refractivity contribution in [2.45, 2.75) is 6.92 Å². The predicted molar refractivity (Wildman–Crippen MR) is 106 cm³/mol. The molecule has 31 heavy (non-hydrogen) atoms. The number of pyridine rings is 1. The zero-order valence-electron chi connectivity index (χ0n) is 16.0. The summed E-state index contributed by atoms with van der Waals surface area (Å²) in [4.78, 5) is 16.3. The minimum absolute atomic E-state index is 0.0434. The maximum atomic E-state index is 14.0. The summed E-state index contributed by atoms with van der Waals surface area (Å²) in [6.45, 7) is 1.69. The molecule has 0 aliphatic heterocycles. The van der Waals surface area contributed by atoms with E-state index in [0.717, 1.165) is 36.4 Å². The third kappa shape index (κ3) is 4.02. The van der Waals surface area contributed by atoms with Gasteiger partial charge < -0.3 is 5.32 Å². The van der Waals surface area contributed by atoms with Gasteiger partial charge in [-0.05, 0) is 43.3 Å². The first kappa shape index (κ1) is 20.3. The monoisotopic (exact) mass is 426 g/mol. The molecule has 0 saturated carbocycles. The summed E-state index contributed by atoms with van der Waals surface area (Å²) >= 11 is 0. The summed E-state index contributed by atoms with van der Waals surface area (Å²) in [5.74, 6) is -4.09. The standard InChI is InChI=1S/C22H14F4N4O/c1-12-15(11-30(29-12)19-9-14(23)6-7-16(19)24)13-5-8-20(27-10-13)28-22(31)21-17(25)3-2-4-18(21)26/h2-11H,1H3,(H,27,28,31). The average Bonchev–Trinajstić information content (AvgIpc) is 3.11. The maximum Gasteiger partial charge on any atom is 0.262 e. The van der Waals surface area contributed by atoms with Gasteiger partial charge in [-0.25, -0.2) is 27.2 Å². The van der Waals surface area contributed by atoms with Gasteiger partial charge in [0.2, 0.25) is 0 Å². The highest BCUT2D eigenvalue weighted by molar-refractivity contribution is 6.04. The third-order valence-corrected chi connectivity index (χ3v) is 4.56. The molecule has 0 aliphatic carbocycles. The fraction of sp³-hybridized carbons (Fsp3) is 0.0455. The van der Waals surface area contributed by atoms with Crippen LogP contribution in [0.15, 0.2) is 60.9 Å². The maximum absolute atomic E-state index is 14.0. The second-order valence-corrected chi connectivity index (χ2v) is 6.65. The molecule has 1 N–H and O–H groups in total. The molecule has 4 aromatic rings. The highest BCUT2D eigenvalue weighted by atomic mass is 19.1. The van der Waals surface area contributed by atoms with Crippen molar-refractivity contribution in [2.75, 3.05) is 5.32 Å². The Morgan fingerprint density at radius 1 is 0.968 bits per heavy atom. The Kier molecular flexibility index (Phi) is 5.24. The number of amides is 1. The molecule has 0 unspecified atom stereocenters. The molecular formula is C22H14F4N4O. The van der Waals surface area contributed by atoms with Gasteiger partial charge in [-0.2, -0.15) is 5.10 Å². The number of halogens is 4. The SMILES string of the molecule is Cc1nn(-c2cc(F)ccc2F)cc1-c1ccc(NC(=O)c2c(F)cccc2F)nc1. The smallest absolute Gasteiger partial charge is 0.262 e. The molecule has 0 saturated heterocycles. The molecule has 0 aliphatic rings. The number of nitrogens with zero attached hydrogens (tertiary/aromatic N) is 3. The van der Waals surface area contributed by atoms with Gasteiger partial charge in [0, 0.05) is 29.6 Å². The predicted octanol–water partition coefficient (Wildman–Crippen LogP) is 5.05. The molecule has 2 heterocycles. The number of rotatable bonds is 4. The number of aryl methyl sites for hydroxylation is 1. The molecule has 9 heteroatoms. The van der Waals surface area contributed by atoms with E-state index in [1.54, 1.807) is 13.0 Å². The van der Waals surface area contributed by atoms with E-state index in [1.807, 2.05) is 0 Å². The number of anilines is 1. The largest absolute Gasteiger partial charge is 0.306 e. The number of hydrogen-bond acceptors (Lipinski definition) is 3. The number of carbonyl (C=O) groups is 1. The number of hydrogen-bond donors (Lipinski definition) is 1. The van der Waals surface area contributed by atoms with Gasteiger partial charge in [0.1, 0.15) is 40.3 Å². The Bertz CT molecular complexity index is 1270. The van der Waals surface area contributed by atoms with Crippen LogP contribution in [0.25, 0.3) is 16.8 Å². The zero-order chi connectivity index (χ0) is 22.1. The minimum atomic E-state index is -0.984. The van der Waals surface area contributed by atoms with Gasteiger partial charge >= 0.3 is 0 Å². The van der Waals surface area contributed by atoms with Gasteiger partial charge in [0.15, 0.2) is 0 Å². The first-order chi connectivity index (χ1) is 14.8. The summed E-state index contributed by atoms with van der Waals surface area (Å²) in [7, 11) is 0. The Labute approximate surface area is 174 Å². The topological polar surface area (TPSA) is 59.8 Å². The van der Waals surface area contributed by atoms with Crippen LogP contribution in [0.1, 0.15) is 16.1 Å². The molecule has 156 valence electrons. The highest BCUT2D eigenvalue weighted by Crippen LogP contribution is 2.25. The Morgan fingerprint density at radius 3 is 2.39 bits per heavy atom. The quantitative estimate of drug-likeness (QED) is 0.465. The Hall–Kier alpha value is -4.01. The van der Waals surface area contributed by atoms with Gasteiger partial charge in [0.05, 0.1) is 5.69 Å². The van der Waals surface area contributed by atoms with Crippen molar-refractivity contribution in [1.82, 2.24) is 14.8 Å². The molecule has 5 nitrogen and oxygen atoms in total. The van der Waals surface area contributed by atoms with Crippen molar-refractivity contribution in [3.05, 3.63) is 95.5 Å². The van der Waals surface area contributed by atoms with Crippen molar-refractivity contribution in [2.24, 2.45) is 0 Å². The molecule has 0 atom stereocenters. The van der Waals surface area contributed by atoms with E-state index in [-0.39, 0.29) is 11.5 Å². The Morgan fingerprint density at radius 2 is 1.71 bits per heavy atom. The van der Waals surface area contributed by atoms with Crippen LogP contribution in [0, 0.1) is 30.2 Å². The van der Waals surface area contributed by atoms with E-state index in [4.69, 9.17) is 0 Å². The lowest BCUT2D eigenvalue weighted by Gasteiger charge is -2.07. The van der Waals surface area contributed by atoms with Gasteiger partial charge in [-0.15, -0.1) is 0 Å². The normalized spacial score (nSPS) is 10.9. The summed E-state index contributed by atoms with van der Waals surface area (Å²) in [5, 5.41) is 6.55. The van der Waals surface area contributed by atoms with Crippen molar-refractivity contribution < 1.29 is 22.4 Å². The van der Waals surface area contributed by atoms with E-state index in [0.29, 0.717) is 16.8 Å². The van der Waals surface area contributed by atoms with Gasteiger partial charge in [-0.3, -0.25) is 4.79 Å². The molecule has 0 spiro atoms. The first-order valence-corrected chi connectivity index (χ1v) is 9.07. The molecule has 2 aromatic heterocycles. The molecule has 0 bridgehead atoms. The number of benzene rings is 2. The molecule has 0 fully saturated rings. The van der Waals surface area contributed by atoms with Crippen LogP contribution in [-0.2, 0) is 0 Å². The fourth-order valence-corrected chi connectivity index (χ4v) is 3.05. The first-order valence-electron chi connectivity index (χ1n) is 9.07. The molecular weight excluding hydrogens is 412 g/mol. The number of aromatic nitrogens is 3. The van der Waals surface area contributed by atoms with Gasteiger partial charge in [-0.1, -0.05) is 6.07 Å². The average molecular weight is 426 g/mol. The van der Waals surface area contributed by atoms with E-state index in [2.05, 4.69) is 15.4 Å². The van der Waals surface area contributed by atoms with Crippen LogP contribution in [-0.4, -0.2) is 20.7 Å². The second-order valence-electron chi connectivity index (χ2n) is 6.65. The summed E-state index contributed by atoms with van der Waals surface area (Å²) in [6, 6.07) is 9.24. The van der Waals surface area contributed by atoms with Crippen molar-refractivity contribution in [1.29, 1.82) is 0 Å².